The third-order valence-electron chi connectivity index (χ3n) is 2.93. The molecule has 1 atom stereocenters. The molecule has 0 saturated carbocycles. The first-order valence-corrected chi connectivity index (χ1v) is 7.14. The summed E-state index contributed by atoms with van der Waals surface area (Å²) in [6.07, 6.45) is 2.88. The molecule has 1 unspecified atom stereocenters. The summed E-state index contributed by atoms with van der Waals surface area (Å²) in [4.78, 5) is 17.1. The summed E-state index contributed by atoms with van der Waals surface area (Å²) in [6, 6.07) is 3.56. The highest BCUT2D eigenvalue weighted by Crippen LogP contribution is 2.23. The van der Waals surface area contributed by atoms with Crippen LogP contribution >= 0.6 is 11.3 Å². The number of fused-ring (bicyclic) bond motifs is 1. The number of thiazole rings is 1. The number of aromatic amines is 1. The molecule has 3 heterocycles. The maximum Gasteiger partial charge on any atom is 0.364 e. The molecule has 0 aliphatic rings. The molecule has 2 N–H and O–H groups in total. The number of aryl methyl sites for hydroxylation is 1. The number of nitrogens with zero attached hydrogens (tertiary/aromatic N) is 4. The third kappa shape index (κ3) is 2.29. The van der Waals surface area contributed by atoms with Gasteiger partial charge in [0.05, 0.1) is 6.04 Å². The van der Waals surface area contributed by atoms with Crippen LogP contribution in [0, 0.1) is 0 Å². The smallest absolute Gasteiger partial charge is 0.360 e. The van der Waals surface area contributed by atoms with Crippen molar-refractivity contribution in [3.8, 4) is 0 Å². The Balaban J connectivity index is 1.84. The lowest BCUT2D eigenvalue weighted by molar-refractivity contribution is 0.824. The van der Waals surface area contributed by atoms with Gasteiger partial charge in [-0.15, -0.1) is 16.4 Å². The third-order valence-corrected chi connectivity index (χ3v) is 4.25. The Bertz CT molecular complexity index is 788. The van der Waals surface area contributed by atoms with Gasteiger partial charge in [-0.25, -0.2) is 14.9 Å². The lowest BCUT2D eigenvalue weighted by Gasteiger charge is -2.11. The van der Waals surface area contributed by atoms with E-state index in [2.05, 4.69) is 32.5 Å². The van der Waals surface area contributed by atoms with Gasteiger partial charge >= 0.3 is 5.69 Å². The van der Waals surface area contributed by atoms with Gasteiger partial charge in [0.25, 0.3) is 0 Å². The van der Waals surface area contributed by atoms with Gasteiger partial charge in [-0.05, 0) is 25.5 Å². The highest BCUT2D eigenvalue weighted by molar-refractivity contribution is 7.11. The molecule has 0 radical (unpaired) electrons. The Labute approximate surface area is 118 Å². The van der Waals surface area contributed by atoms with Crippen LogP contribution in [0.3, 0.4) is 0 Å². The van der Waals surface area contributed by atoms with E-state index < -0.39 is 0 Å². The SMILES string of the molecule is CCc1cnc(C(C)Nc2ccc3n[nH]c(=O)n3n2)s1. The van der Waals surface area contributed by atoms with Crippen molar-refractivity contribution in [1.29, 1.82) is 0 Å². The molecule has 3 aromatic heterocycles. The van der Waals surface area contributed by atoms with Crippen molar-refractivity contribution in [2.75, 3.05) is 5.32 Å². The molecular weight excluding hydrogens is 276 g/mol. The number of nitrogens with one attached hydrogen (secondary N) is 2. The van der Waals surface area contributed by atoms with Crippen molar-refractivity contribution < 1.29 is 0 Å². The molecule has 0 aliphatic heterocycles. The van der Waals surface area contributed by atoms with Crippen LogP contribution in [0.1, 0.15) is 29.8 Å². The Kier molecular flexibility index (Phi) is 3.23. The molecule has 7 nitrogen and oxygen atoms in total. The fourth-order valence-electron chi connectivity index (χ4n) is 1.85. The van der Waals surface area contributed by atoms with E-state index in [1.54, 1.807) is 23.5 Å². The van der Waals surface area contributed by atoms with E-state index in [1.807, 2.05) is 13.1 Å². The zero-order valence-electron chi connectivity index (χ0n) is 11.1. The molecule has 0 fully saturated rings. The molecule has 0 saturated heterocycles. The zero-order valence-corrected chi connectivity index (χ0v) is 11.9. The van der Waals surface area contributed by atoms with Gasteiger partial charge in [0, 0.05) is 11.1 Å². The van der Waals surface area contributed by atoms with E-state index in [0.29, 0.717) is 11.5 Å². The van der Waals surface area contributed by atoms with Gasteiger partial charge in [0.2, 0.25) is 0 Å². The van der Waals surface area contributed by atoms with Crippen LogP contribution < -0.4 is 11.0 Å². The van der Waals surface area contributed by atoms with Crippen LogP contribution in [0.2, 0.25) is 0 Å². The van der Waals surface area contributed by atoms with Crippen LogP contribution in [-0.4, -0.2) is 24.8 Å². The predicted molar refractivity (Wildman–Crippen MR) is 77.1 cm³/mol. The Morgan fingerprint density at radius 2 is 2.35 bits per heavy atom. The van der Waals surface area contributed by atoms with E-state index >= 15 is 0 Å². The molecule has 0 aromatic carbocycles. The summed E-state index contributed by atoms with van der Waals surface area (Å²) in [5.41, 5.74) is 0.148. The van der Waals surface area contributed by atoms with Crippen molar-refractivity contribution >= 4 is 22.8 Å². The van der Waals surface area contributed by atoms with Gasteiger partial charge in [0.1, 0.15) is 10.8 Å². The Morgan fingerprint density at radius 3 is 3.10 bits per heavy atom. The molecule has 3 rings (SSSR count). The number of hydrogen-bond donors (Lipinski definition) is 2. The summed E-state index contributed by atoms with van der Waals surface area (Å²) in [6.45, 7) is 4.12. The summed E-state index contributed by atoms with van der Waals surface area (Å²) in [7, 11) is 0. The normalized spacial score (nSPS) is 12.7. The van der Waals surface area contributed by atoms with E-state index in [1.165, 1.54) is 9.39 Å². The quantitative estimate of drug-likeness (QED) is 0.762. The first-order chi connectivity index (χ1) is 9.67. The molecule has 3 aromatic rings. The predicted octanol–water partition coefficient (Wildman–Crippen LogP) is 1.61. The minimum atomic E-state index is -0.348. The van der Waals surface area contributed by atoms with Crippen molar-refractivity contribution in [3.05, 3.63) is 38.7 Å². The van der Waals surface area contributed by atoms with Crippen LogP contribution in [0.5, 0.6) is 0 Å². The molecule has 104 valence electrons. The molecular formula is C12H14N6OS. The van der Waals surface area contributed by atoms with Gasteiger partial charge in [-0.2, -0.15) is 9.61 Å². The molecule has 0 aliphatic carbocycles. The minimum absolute atomic E-state index is 0.0350. The van der Waals surface area contributed by atoms with Crippen LogP contribution in [0.15, 0.2) is 23.1 Å². The van der Waals surface area contributed by atoms with Crippen molar-refractivity contribution in [1.82, 2.24) is 24.8 Å². The average Bonchev–Trinajstić information content (AvgIpc) is 3.06. The second kappa shape index (κ2) is 5.04. The van der Waals surface area contributed by atoms with Gasteiger partial charge in [-0.3, -0.25) is 0 Å². The molecule has 0 amide bonds. The highest BCUT2D eigenvalue weighted by atomic mass is 32.1. The number of anilines is 1. The second-order valence-electron chi connectivity index (χ2n) is 4.40. The lowest BCUT2D eigenvalue weighted by atomic mass is 10.3. The van der Waals surface area contributed by atoms with Crippen LogP contribution in [0.4, 0.5) is 5.82 Å². The summed E-state index contributed by atoms with van der Waals surface area (Å²) >= 11 is 1.68. The van der Waals surface area contributed by atoms with Crippen molar-refractivity contribution in [3.63, 3.8) is 0 Å². The topological polar surface area (TPSA) is 88.0 Å². The van der Waals surface area contributed by atoms with E-state index in [4.69, 9.17) is 0 Å². The fraction of sp³-hybridized carbons (Fsp3) is 0.333. The second-order valence-corrected chi connectivity index (χ2v) is 5.55. The molecule has 0 bridgehead atoms. The lowest BCUT2D eigenvalue weighted by Crippen LogP contribution is -2.15. The molecule has 0 spiro atoms. The Morgan fingerprint density at radius 1 is 1.50 bits per heavy atom. The van der Waals surface area contributed by atoms with Crippen molar-refractivity contribution in [2.45, 2.75) is 26.3 Å². The summed E-state index contributed by atoms with van der Waals surface area (Å²) < 4.78 is 1.23. The first kappa shape index (κ1) is 12.8. The minimum Gasteiger partial charge on any atom is -0.360 e. The highest BCUT2D eigenvalue weighted by Gasteiger charge is 2.11. The first-order valence-electron chi connectivity index (χ1n) is 6.33. The van der Waals surface area contributed by atoms with E-state index in [0.717, 1.165) is 11.4 Å². The number of H-pyrrole nitrogens is 1. The van der Waals surface area contributed by atoms with Crippen molar-refractivity contribution in [2.24, 2.45) is 0 Å². The number of rotatable bonds is 4. The van der Waals surface area contributed by atoms with E-state index in [-0.39, 0.29) is 11.7 Å². The maximum atomic E-state index is 11.5. The fourth-order valence-corrected chi connectivity index (χ4v) is 2.71. The standard InChI is InChI=1S/C12H14N6OS/c1-3-8-6-13-11(20-8)7(2)14-9-4-5-10-15-16-12(19)18(10)17-9/h4-7H,3H2,1-2H3,(H,14,17)(H,16,19). The average molecular weight is 290 g/mol. The van der Waals surface area contributed by atoms with Gasteiger partial charge in [0.15, 0.2) is 5.65 Å². The van der Waals surface area contributed by atoms with Crippen LogP contribution in [0.25, 0.3) is 5.65 Å². The zero-order chi connectivity index (χ0) is 14.1. The Hall–Kier alpha value is -2.22. The van der Waals surface area contributed by atoms with Gasteiger partial charge in [-0.1, -0.05) is 6.92 Å². The monoisotopic (exact) mass is 290 g/mol. The molecule has 20 heavy (non-hydrogen) atoms. The molecule has 8 heteroatoms. The summed E-state index contributed by atoms with van der Waals surface area (Å²) in [5.74, 6) is 0.613. The van der Waals surface area contributed by atoms with E-state index in [9.17, 15) is 4.79 Å². The summed E-state index contributed by atoms with van der Waals surface area (Å²) in [5, 5.41) is 14.6. The largest absolute Gasteiger partial charge is 0.364 e. The number of aromatic nitrogens is 5. The van der Waals surface area contributed by atoms with Crippen LogP contribution in [-0.2, 0) is 6.42 Å². The maximum absolute atomic E-state index is 11.5. The number of hydrogen-bond acceptors (Lipinski definition) is 6. The van der Waals surface area contributed by atoms with Gasteiger partial charge < -0.3 is 5.32 Å².